The van der Waals surface area contributed by atoms with Crippen LogP contribution in [0.15, 0.2) is 47.1 Å². The molecule has 1 aliphatic rings. The van der Waals surface area contributed by atoms with E-state index < -0.39 is 23.5 Å². The number of rotatable bonds is 6. The summed E-state index contributed by atoms with van der Waals surface area (Å²) < 4.78 is 10.5. The molecule has 0 aliphatic carbocycles. The van der Waals surface area contributed by atoms with Crippen molar-refractivity contribution in [2.45, 2.75) is 25.2 Å². The van der Waals surface area contributed by atoms with E-state index in [9.17, 15) is 14.4 Å². The van der Waals surface area contributed by atoms with Gasteiger partial charge in [-0.25, -0.2) is 0 Å². The first-order chi connectivity index (χ1) is 11.9. The molecule has 0 unspecified atom stereocenters. The van der Waals surface area contributed by atoms with Gasteiger partial charge in [0.2, 0.25) is 5.91 Å². The van der Waals surface area contributed by atoms with Crippen molar-refractivity contribution in [3.8, 4) is 0 Å². The summed E-state index contributed by atoms with van der Waals surface area (Å²) in [7, 11) is 0. The molecule has 0 radical (unpaired) electrons. The third-order valence-corrected chi connectivity index (χ3v) is 3.86. The zero-order valence-electron chi connectivity index (χ0n) is 13.4. The lowest BCUT2D eigenvalue weighted by atomic mass is 9.97. The van der Waals surface area contributed by atoms with Crippen molar-refractivity contribution in [1.29, 1.82) is 0 Å². The number of furan rings is 1. The first-order valence-corrected chi connectivity index (χ1v) is 7.59. The van der Waals surface area contributed by atoms with Crippen LogP contribution in [0.5, 0.6) is 0 Å². The van der Waals surface area contributed by atoms with E-state index in [2.05, 4.69) is 10.6 Å². The smallest absolute Gasteiger partial charge is 0.265 e. The maximum absolute atomic E-state index is 12.4. The number of carbonyl (C=O) groups is 3. The highest BCUT2D eigenvalue weighted by Gasteiger charge is 2.68. The number of nitrogens with two attached hydrogens (primary N) is 1. The van der Waals surface area contributed by atoms with Gasteiger partial charge in [0.15, 0.2) is 0 Å². The van der Waals surface area contributed by atoms with Gasteiger partial charge in [0.05, 0.1) is 12.8 Å². The topological polar surface area (TPSA) is 127 Å². The number of nitrogens with one attached hydrogen (secondary N) is 2. The molecule has 2 atom stereocenters. The van der Waals surface area contributed by atoms with Crippen LogP contribution in [-0.2, 0) is 25.7 Å². The number of hydrogen-bond donors (Lipinski definition) is 3. The summed E-state index contributed by atoms with van der Waals surface area (Å²) in [6, 6.07) is 10.0. The average molecular weight is 343 g/mol. The predicted molar refractivity (Wildman–Crippen MR) is 87.1 cm³/mol. The number of amides is 3. The fourth-order valence-corrected chi connectivity index (χ4v) is 2.58. The molecular formula is C17H17N3O5. The molecule has 1 fully saturated rings. The van der Waals surface area contributed by atoms with Gasteiger partial charge in [-0.1, -0.05) is 12.1 Å². The molecule has 1 aromatic heterocycles. The molecule has 1 aliphatic heterocycles. The first-order valence-electron chi connectivity index (χ1n) is 7.59. The molecule has 4 N–H and O–H groups in total. The molecule has 3 amide bonds. The molecule has 130 valence electrons. The minimum atomic E-state index is -1.73. The summed E-state index contributed by atoms with van der Waals surface area (Å²) in [6.07, 6.45) is 0.714. The van der Waals surface area contributed by atoms with Crippen molar-refractivity contribution >= 4 is 23.4 Å². The summed E-state index contributed by atoms with van der Waals surface area (Å²) in [5.74, 6) is -1.13. The lowest BCUT2D eigenvalue weighted by Gasteiger charge is -2.10. The van der Waals surface area contributed by atoms with E-state index in [1.54, 1.807) is 36.4 Å². The Labute approximate surface area is 143 Å². The van der Waals surface area contributed by atoms with E-state index in [4.69, 9.17) is 14.9 Å². The molecule has 1 saturated heterocycles. The lowest BCUT2D eigenvalue weighted by molar-refractivity contribution is -0.135. The third kappa shape index (κ3) is 3.24. The second-order valence-electron chi connectivity index (χ2n) is 5.66. The molecule has 8 heteroatoms. The van der Waals surface area contributed by atoms with Crippen LogP contribution in [0.4, 0.5) is 5.69 Å². The molecule has 25 heavy (non-hydrogen) atoms. The van der Waals surface area contributed by atoms with Crippen LogP contribution in [-0.4, -0.2) is 23.3 Å². The van der Waals surface area contributed by atoms with E-state index in [-0.39, 0.29) is 12.5 Å². The second kappa shape index (κ2) is 6.40. The highest BCUT2D eigenvalue weighted by Crippen LogP contribution is 2.49. The summed E-state index contributed by atoms with van der Waals surface area (Å²) in [5, 5.41) is 5.22. The Balaban J connectivity index is 1.71. The van der Waals surface area contributed by atoms with Gasteiger partial charge in [-0.3, -0.25) is 14.4 Å². The van der Waals surface area contributed by atoms with Crippen molar-refractivity contribution in [2.24, 2.45) is 5.73 Å². The van der Waals surface area contributed by atoms with Crippen LogP contribution >= 0.6 is 0 Å². The minimum absolute atomic E-state index is 0.123. The van der Waals surface area contributed by atoms with Crippen molar-refractivity contribution in [2.75, 3.05) is 5.32 Å². The summed E-state index contributed by atoms with van der Waals surface area (Å²) >= 11 is 0. The number of anilines is 1. The molecule has 0 spiro atoms. The molecule has 1 aromatic carbocycles. The standard InChI is InChI=1S/C17H17N3O5/c1-10(21)20-12-6-4-11(5-7-12)14-17(25-14,15(18)22)16(23)19-9-13-3-2-8-24-13/h2-8,14H,9H2,1H3,(H2,18,22)(H,19,23)(H,20,21)/t14-,17+/m1/s1. The Morgan fingerprint density at radius 1 is 1.20 bits per heavy atom. The molecule has 3 rings (SSSR count). The minimum Gasteiger partial charge on any atom is -0.467 e. The summed E-state index contributed by atoms with van der Waals surface area (Å²) in [6.45, 7) is 1.53. The van der Waals surface area contributed by atoms with E-state index in [0.717, 1.165) is 0 Å². The monoisotopic (exact) mass is 343 g/mol. The maximum Gasteiger partial charge on any atom is 0.265 e. The summed E-state index contributed by atoms with van der Waals surface area (Å²) in [4.78, 5) is 35.3. The largest absolute Gasteiger partial charge is 0.467 e. The Hall–Kier alpha value is -3.13. The van der Waals surface area contributed by atoms with Crippen molar-refractivity contribution in [1.82, 2.24) is 5.32 Å². The number of benzene rings is 1. The fourth-order valence-electron chi connectivity index (χ4n) is 2.58. The number of hydrogen-bond acceptors (Lipinski definition) is 5. The quantitative estimate of drug-likeness (QED) is 0.529. The van der Waals surface area contributed by atoms with E-state index >= 15 is 0 Å². The van der Waals surface area contributed by atoms with Gasteiger partial charge in [0, 0.05) is 12.6 Å². The molecule has 2 heterocycles. The van der Waals surface area contributed by atoms with Gasteiger partial charge in [-0.05, 0) is 29.8 Å². The van der Waals surface area contributed by atoms with Crippen LogP contribution in [0.2, 0.25) is 0 Å². The van der Waals surface area contributed by atoms with Gasteiger partial charge in [0.1, 0.15) is 11.9 Å². The van der Waals surface area contributed by atoms with Crippen molar-refractivity contribution in [3.63, 3.8) is 0 Å². The fraction of sp³-hybridized carbons (Fsp3) is 0.235. The Morgan fingerprint density at radius 3 is 2.48 bits per heavy atom. The van der Waals surface area contributed by atoms with Crippen molar-refractivity contribution < 1.29 is 23.5 Å². The van der Waals surface area contributed by atoms with Gasteiger partial charge >= 0.3 is 0 Å². The zero-order chi connectivity index (χ0) is 18.0. The van der Waals surface area contributed by atoms with E-state index in [1.807, 2.05) is 0 Å². The molecule has 2 aromatic rings. The first kappa shape index (κ1) is 16.7. The van der Waals surface area contributed by atoms with Crippen LogP contribution < -0.4 is 16.4 Å². The molecule has 8 nitrogen and oxygen atoms in total. The zero-order valence-corrected chi connectivity index (χ0v) is 13.4. The third-order valence-electron chi connectivity index (χ3n) is 3.86. The van der Waals surface area contributed by atoms with Crippen LogP contribution in [0.25, 0.3) is 0 Å². The van der Waals surface area contributed by atoms with Gasteiger partial charge in [0.25, 0.3) is 17.4 Å². The highest BCUT2D eigenvalue weighted by molar-refractivity contribution is 6.11. The van der Waals surface area contributed by atoms with Crippen LogP contribution in [0.1, 0.15) is 24.4 Å². The van der Waals surface area contributed by atoms with Crippen LogP contribution in [0.3, 0.4) is 0 Å². The van der Waals surface area contributed by atoms with Crippen LogP contribution in [0, 0.1) is 0 Å². The number of epoxide rings is 1. The van der Waals surface area contributed by atoms with Gasteiger partial charge in [-0.15, -0.1) is 0 Å². The number of ether oxygens (including phenoxy) is 1. The maximum atomic E-state index is 12.4. The van der Waals surface area contributed by atoms with Gasteiger partial charge in [-0.2, -0.15) is 0 Å². The number of primary amides is 1. The Bertz CT molecular complexity index is 800. The Kier molecular flexibility index (Phi) is 4.28. The SMILES string of the molecule is CC(=O)Nc1ccc([C@H]2O[C@@]2(C(N)=O)C(=O)NCc2ccco2)cc1. The Morgan fingerprint density at radius 2 is 1.92 bits per heavy atom. The predicted octanol–water partition coefficient (Wildman–Crippen LogP) is 0.850. The summed E-state index contributed by atoms with van der Waals surface area (Å²) in [5.41, 5.74) is 4.88. The molecule has 0 saturated carbocycles. The van der Waals surface area contributed by atoms with Crippen molar-refractivity contribution in [3.05, 3.63) is 54.0 Å². The second-order valence-corrected chi connectivity index (χ2v) is 5.66. The normalized spacial score (nSPS) is 21.4. The average Bonchev–Trinajstić information content (AvgIpc) is 3.12. The number of carbonyl (C=O) groups excluding carboxylic acids is 3. The van der Waals surface area contributed by atoms with E-state index in [1.165, 1.54) is 13.2 Å². The van der Waals surface area contributed by atoms with Gasteiger partial charge < -0.3 is 25.5 Å². The molecule has 0 bridgehead atoms. The molecular weight excluding hydrogens is 326 g/mol. The highest BCUT2D eigenvalue weighted by atomic mass is 16.6. The van der Waals surface area contributed by atoms with E-state index in [0.29, 0.717) is 17.0 Å². The lowest BCUT2D eigenvalue weighted by Crippen LogP contribution is -2.46.